The lowest BCUT2D eigenvalue weighted by atomic mass is 9.77. The number of rotatable bonds is 2. The lowest BCUT2D eigenvalue weighted by Crippen LogP contribution is -2.28. The Labute approximate surface area is 119 Å². The molecule has 0 saturated carbocycles. The molecule has 0 radical (unpaired) electrons. The van der Waals surface area contributed by atoms with Crippen LogP contribution in [0.25, 0.3) is 0 Å². The zero-order chi connectivity index (χ0) is 13.2. The van der Waals surface area contributed by atoms with E-state index in [0.717, 1.165) is 24.3 Å². The quantitative estimate of drug-likeness (QED) is 0.873. The molecule has 2 aromatic carbocycles. The fraction of sp³-hybridized carbons (Fsp3) is 0.294. The molecular weight excluding hydrogens is 254 g/mol. The van der Waals surface area contributed by atoms with Gasteiger partial charge in [-0.3, -0.25) is 0 Å². The van der Waals surface area contributed by atoms with E-state index in [4.69, 9.17) is 17.3 Å². The largest absolute Gasteiger partial charge is 0.324 e. The van der Waals surface area contributed by atoms with Crippen molar-refractivity contribution in [1.82, 2.24) is 0 Å². The van der Waals surface area contributed by atoms with Gasteiger partial charge in [0.05, 0.1) is 0 Å². The maximum atomic E-state index is 6.44. The fourth-order valence-electron chi connectivity index (χ4n) is 3.06. The molecule has 1 aliphatic carbocycles. The molecule has 1 aliphatic rings. The summed E-state index contributed by atoms with van der Waals surface area (Å²) in [5, 5.41) is 0.808. The predicted molar refractivity (Wildman–Crippen MR) is 80.3 cm³/mol. The normalized spacial score (nSPS) is 22.0. The van der Waals surface area contributed by atoms with E-state index in [2.05, 4.69) is 36.4 Å². The van der Waals surface area contributed by atoms with Gasteiger partial charge in [-0.05, 0) is 54.0 Å². The van der Waals surface area contributed by atoms with Gasteiger partial charge in [0.25, 0.3) is 0 Å². The number of fused-ring (bicyclic) bond motifs is 1. The number of halogens is 1. The molecule has 98 valence electrons. The predicted octanol–water partition coefficient (Wildman–Crippen LogP) is 4.14. The lowest BCUT2D eigenvalue weighted by Gasteiger charge is -2.31. The average Bonchev–Trinajstić information content (AvgIpc) is 2.42. The van der Waals surface area contributed by atoms with Crippen molar-refractivity contribution in [1.29, 1.82) is 0 Å². The van der Waals surface area contributed by atoms with E-state index in [1.165, 1.54) is 16.7 Å². The van der Waals surface area contributed by atoms with E-state index in [1.807, 2.05) is 12.1 Å². The molecule has 0 heterocycles. The molecule has 0 aliphatic heterocycles. The highest BCUT2D eigenvalue weighted by Crippen LogP contribution is 2.34. The van der Waals surface area contributed by atoms with Gasteiger partial charge in [0, 0.05) is 11.1 Å². The van der Waals surface area contributed by atoms with Gasteiger partial charge in [0.2, 0.25) is 0 Å². The van der Waals surface area contributed by atoms with E-state index in [1.54, 1.807) is 0 Å². The Kier molecular flexibility index (Phi) is 3.58. The Morgan fingerprint density at radius 2 is 1.95 bits per heavy atom. The molecule has 2 heteroatoms. The van der Waals surface area contributed by atoms with Gasteiger partial charge in [0.1, 0.15) is 0 Å². The van der Waals surface area contributed by atoms with Gasteiger partial charge in [0.15, 0.2) is 0 Å². The van der Waals surface area contributed by atoms with Crippen LogP contribution < -0.4 is 5.73 Å². The summed E-state index contributed by atoms with van der Waals surface area (Å²) in [5.74, 6) is 0.508. The van der Waals surface area contributed by atoms with Crippen LogP contribution in [0, 0.1) is 5.92 Å². The van der Waals surface area contributed by atoms with Crippen molar-refractivity contribution in [2.75, 3.05) is 0 Å². The van der Waals surface area contributed by atoms with Gasteiger partial charge in [-0.15, -0.1) is 0 Å². The smallest absolute Gasteiger partial charge is 0.0408 e. The summed E-state index contributed by atoms with van der Waals surface area (Å²) < 4.78 is 0. The van der Waals surface area contributed by atoms with Crippen molar-refractivity contribution in [3.63, 3.8) is 0 Å². The third-order valence-electron chi connectivity index (χ3n) is 4.09. The van der Waals surface area contributed by atoms with Crippen molar-refractivity contribution < 1.29 is 0 Å². The number of aryl methyl sites for hydroxylation is 1. The minimum absolute atomic E-state index is 0.143. The Bertz CT molecular complexity index is 579. The molecule has 2 unspecified atom stereocenters. The Hall–Kier alpha value is -1.31. The Morgan fingerprint density at radius 3 is 2.79 bits per heavy atom. The molecule has 0 amide bonds. The topological polar surface area (TPSA) is 26.0 Å². The Morgan fingerprint density at radius 1 is 1.11 bits per heavy atom. The van der Waals surface area contributed by atoms with Crippen LogP contribution in [0.1, 0.15) is 29.2 Å². The van der Waals surface area contributed by atoms with E-state index in [0.29, 0.717) is 5.92 Å². The lowest BCUT2D eigenvalue weighted by molar-refractivity contribution is 0.376. The summed E-state index contributed by atoms with van der Waals surface area (Å²) in [6.07, 6.45) is 3.30. The van der Waals surface area contributed by atoms with Crippen LogP contribution in [0.2, 0.25) is 5.02 Å². The van der Waals surface area contributed by atoms with Gasteiger partial charge in [-0.25, -0.2) is 0 Å². The number of nitrogens with two attached hydrogens (primary N) is 1. The van der Waals surface area contributed by atoms with Crippen LogP contribution in [0.4, 0.5) is 0 Å². The second kappa shape index (κ2) is 5.36. The number of hydrogen-bond acceptors (Lipinski definition) is 1. The van der Waals surface area contributed by atoms with E-state index < -0.39 is 0 Å². The molecule has 0 saturated heterocycles. The zero-order valence-corrected chi connectivity index (χ0v) is 11.6. The molecule has 19 heavy (non-hydrogen) atoms. The first-order chi connectivity index (χ1) is 9.24. The second-order valence-corrected chi connectivity index (χ2v) is 5.79. The van der Waals surface area contributed by atoms with Crippen molar-refractivity contribution in [2.45, 2.75) is 25.3 Å². The molecule has 0 fully saturated rings. The van der Waals surface area contributed by atoms with Crippen LogP contribution >= 0.6 is 11.6 Å². The summed E-state index contributed by atoms with van der Waals surface area (Å²) in [5.41, 5.74) is 10.5. The summed E-state index contributed by atoms with van der Waals surface area (Å²) in [4.78, 5) is 0. The van der Waals surface area contributed by atoms with Crippen molar-refractivity contribution in [3.05, 3.63) is 70.2 Å². The highest BCUT2D eigenvalue weighted by atomic mass is 35.5. The molecule has 2 N–H and O–H groups in total. The molecule has 0 bridgehead atoms. The highest BCUT2D eigenvalue weighted by molar-refractivity contribution is 6.30. The van der Waals surface area contributed by atoms with Gasteiger partial charge in [-0.2, -0.15) is 0 Å². The molecule has 3 rings (SSSR count). The fourth-order valence-corrected chi connectivity index (χ4v) is 3.27. The first-order valence-electron chi connectivity index (χ1n) is 6.82. The van der Waals surface area contributed by atoms with Crippen molar-refractivity contribution in [2.24, 2.45) is 11.7 Å². The molecule has 0 aromatic heterocycles. The van der Waals surface area contributed by atoms with E-state index >= 15 is 0 Å². The maximum Gasteiger partial charge on any atom is 0.0408 e. The van der Waals surface area contributed by atoms with Crippen molar-refractivity contribution >= 4 is 11.6 Å². The molecule has 2 atom stereocenters. The van der Waals surface area contributed by atoms with E-state index in [9.17, 15) is 0 Å². The molecule has 1 nitrogen and oxygen atoms in total. The summed E-state index contributed by atoms with van der Waals surface area (Å²) in [6.45, 7) is 0. The summed E-state index contributed by atoms with van der Waals surface area (Å²) >= 11 is 6.05. The van der Waals surface area contributed by atoms with Gasteiger partial charge >= 0.3 is 0 Å². The SMILES string of the molecule is NC1c2ccccc2CCC1Cc1cccc(Cl)c1. The third-order valence-corrected chi connectivity index (χ3v) is 4.33. The Balaban J connectivity index is 1.81. The molecule has 0 spiro atoms. The molecule has 2 aromatic rings. The molecular formula is C17H18ClN. The van der Waals surface area contributed by atoms with Crippen LogP contribution in [0.5, 0.6) is 0 Å². The first kappa shape index (κ1) is 12.7. The van der Waals surface area contributed by atoms with Gasteiger partial charge < -0.3 is 5.73 Å². The van der Waals surface area contributed by atoms with Crippen LogP contribution in [0.15, 0.2) is 48.5 Å². The maximum absolute atomic E-state index is 6.44. The minimum Gasteiger partial charge on any atom is -0.324 e. The monoisotopic (exact) mass is 271 g/mol. The number of hydrogen-bond donors (Lipinski definition) is 1. The third kappa shape index (κ3) is 2.68. The van der Waals surface area contributed by atoms with E-state index in [-0.39, 0.29) is 6.04 Å². The summed E-state index contributed by atoms with van der Waals surface area (Å²) in [7, 11) is 0. The van der Waals surface area contributed by atoms with Crippen molar-refractivity contribution in [3.8, 4) is 0 Å². The van der Waals surface area contributed by atoms with Crippen LogP contribution in [-0.4, -0.2) is 0 Å². The first-order valence-corrected chi connectivity index (χ1v) is 7.19. The van der Waals surface area contributed by atoms with Crippen LogP contribution in [0.3, 0.4) is 0 Å². The van der Waals surface area contributed by atoms with Gasteiger partial charge in [-0.1, -0.05) is 48.0 Å². The standard InChI is InChI=1S/C17H18ClN/c18-15-6-3-4-12(11-15)10-14-9-8-13-5-1-2-7-16(13)17(14)19/h1-7,11,14,17H,8-10,19H2. The number of benzene rings is 2. The average molecular weight is 272 g/mol. The second-order valence-electron chi connectivity index (χ2n) is 5.36. The van der Waals surface area contributed by atoms with Crippen LogP contribution in [-0.2, 0) is 12.8 Å². The summed E-state index contributed by atoms with van der Waals surface area (Å²) in [6, 6.07) is 16.8. The minimum atomic E-state index is 0.143. The highest BCUT2D eigenvalue weighted by Gasteiger charge is 2.26. The zero-order valence-electron chi connectivity index (χ0n) is 10.9.